The molecule has 1 N–H and O–H groups in total. The molecule has 0 radical (unpaired) electrons. The van der Waals surface area contributed by atoms with Gasteiger partial charge in [-0.2, -0.15) is 0 Å². The van der Waals surface area contributed by atoms with Gasteiger partial charge in [-0.15, -0.1) is 0 Å². The number of fused-ring (bicyclic) bond motifs is 2. The first-order valence-corrected chi connectivity index (χ1v) is 8.71. The minimum atomic E-state index is -1.19. The van der Waals surface area contributed by atoms with Crippen molar-refractivity contribution < 1.29 is 23.5 Å². The van der Waals surface area contributed by atoms with Gasteiger partial charge >= 0.3 is 0 Å². The van der Waals surface area contributed by atoms with Gasteiger partial charge in [-0.1, -0.05) is 30.3 Å². The summed E-state index contributed by atoms with van der Waals surface area (Å²) in [5.41, 5.74) is 1.59. The molecule has 1 saturated heterocycles. The summed E-state index contributed by atoms with van der Waals surface area (Å²) >= 11 is 0. The molecule has 6 nitrogen and oxygen atoms in total. The standard InChI is InChI=1S/C20H19FN2O4/c1-26-17-8-14-15(9-18(17)27-11-12-5-3-2-4-6-12)22-19(24)16-7-13(21)10-23(16)20(14)25/h2-6,8-9,13,16H,7,10-11H2,1H3,(H,22,24)/t13-,16-/m0/s1. The third-order valence-corrected chi connectivity index (χ3v) is 4.84. The van der Waals surface area contributed by atoms with Crippen LogP contribution in [0.2, 0.25) is 0 Å². The van der Waals surface area contributed by atoms with Crippen molar-refractivity contribution in [3.8, 4) is 11.5 Å². The summed E-state index contributed by atoms with van der Waals surface area (Å²) in [4.78, 5) is 26.6. The summed E-state index contributed by atoms with van der Waals surface area (Å²) < 4.78 is 24.9. The lowest BCUT2D eigenvalue weighted by molar-refractivity contribution is -0.119. The number of hydrogen-bond donors (Lipinski definition) is 1. The molecule has 0 bridgehead atoms. The number of nitrogens with one attached hydrogen (secondary N) is 1. The number of anilines is 1. The van der Waals surface area contributed by atoms with Crippen molar-refractivity contribution in [2.45, 2.75) is 25.2 Å². The molecule has 2 aromatic carbocycles. The lowest BCUT2D eigenvalue weighted by Crippen LogP contribution is -2.40. The number of hydrogen-bond acceptors (Lipinski definition) is 4. The maximum atomic E-state index is 13.7. The van der Waals surface area contributed by atoms with E-state index in [1.807, 2.05) is 30.3 Å². The van der Waals surface area contributed by atoms with Crippen LogP contribution in [0.15, 0.2) is 42.5 Å². The quantitative estimate of drug-likeness (QED) is 0.899. The van der Waals surface area contributed by atoms with Crippen molar-refractivity contribution in [2.75, 3.05) is 19.0 Å². The van der Waals surface area contributed by atoms with E-state index in [4.69, 9.17) is 9.47 Å². The second-order valence-corrected chi connectivity index (χ2v) is 6.62. The number of alkyl halides is 1. The summed E-state index contributed by atoms with van der Waals surface area (Å²) in [6.07, 6.45) is -1.18. The van der Waals surface area contributed by atoms with Crippen molar-refractivity contribution in [3.63, 3.8) is 0 Å². The van der Waals surface area contributed by atoms with E-state index in [0.29, 0.717) is 23.8 Å². The van der Waals surface area contributed by atoms with Gasteiger partial charge < -0.3 is 19.7 Å². The molecule has 140 valence electrons. The van der Waals surface area contributed by atoms with E-state index in [-0.39, 0.29) is 30.3 Å². The van der Waals surface area contributed by atoms with Crippen molar-refractivity contribution >= 4 is 17.5 Å². The smallest absolute Gasteiger partial charge is 0.256 e. The molecule has 2 atom stereocenters. The molecule has 0 aliphatic carbocycles. The van der Waals surface area contributed by atoms with Crippen LogP contribution in [0.3, 0.4) is 0 Å². The summed E-state index contributed by atoms with van der Waals surface area (Å²) in [6.45, 7) is 0.237. The number of amides is 2. The lowest BCUT2D eigenvalue weighted by Gasteiger charge is -2.19. The molecule has 2 heterocycles. The monoisotopic (exact) mass is 370 g/mol. The molecule has 2 aromatic rings. The molecule has 0 saturated carbocycles. The fraction of sp³-hybridized carbons (Fsp3) is 0.300. The summed E-state index contributed by atoms with van der Waals surface area (Å²) in [5, 5.41) is 2.73. The molecular formula is C20H19FN2O4. The van der Waals surface area contributed by atoms with E-state index < -0.39 is 12.2 Å². The van der Waals surface area contributed by atoms with Gasteiger partial charge in [0, 0.05) is 12.5 Å². The van der Waals surface area contributed by atoms with Crippen LogP contribution in [0.5, 0.6) is 11.5 Å². The van der Waals surface area contributed by atoms with Gasteiger partial charge in [0.25, 0.3) is 5.91 Å². The second-order valence-electron chi connectivity index (χ2n) is 6.62. The first-order valence-electron chi connectivity index (χ1n) is 8.71. The topological polar surface area (TPSA) is 67.9 Å². The number of ether oxygens (including phenoxy) is 2. The molecule has 0 spiro atoms. The fourth-order valence-electron chi connectivity index (χ4n) is 3.48. The van der Waals surface area contributed by atoms with Crippen LogP contribution in [0.4, 0.5) is 10.1 Å². The third kappa shape index (κ3) is 3.20. The summed E-state index contributed by atoms with van der Waals surface area (Å²) in [5.74, 6) is 0.0168. The highest BCUT2D eigenvalue weighted by atomic mass is 19.1. The van der Waals surface area contributed by atoms with Gasteiger partial charge in [-0.25, -0.2) is 4.39 Å². The number of nitrogens with zero attached hydrogens (tertiary/aromatic N) is 1. The Hall–Kier alpha value is -3.09. The van der Waals surface area contributed by atoms with Gasteiger partial charge in [0.1, 0.15) is 18.8 Å². The van der Waals surface area contributed by atoms with Gasteiger partial charge in [-0.3, -0.25) is 9.59 Å². The van der Waals surface area contributed by atoms with E-state index in [9.17, 15) is 14.0 Å². The predicted molar refractivity (Wildman–Crippen MR) is 96.7 cm³/mol. The van der Waals surface area contributed by atoms with Crippen LogP contribution >= 0.6 is 0 Å². The van der Waals surface area contributed by atoms with E-state index in [1.54, 1.807) is 6.07 Å². The average Bonchev–Trinajstić information content (AvgIpc) is 3.05. The zero-order chi connectivity index (χ0) is 19.0. The maximum absolute atomic E-state index is 13.7. The number of halogens is 1. The Morgan fingerprint density at radius 2 is 1.96 bits per heavy atom. The minimum absolute atomic E-state index is 0.0139. The van der Waals surface area contributed by atoms with Gasteiger partial charge in [0.05, 0.1) is 24.9 Å². The van der Waals surface area contributed by atoms with Crippen LogP contribution in [-0.2, 0) is 11.4 Å². The SMILES string of the molecule is COc1cc2c(cc1OCc1ccccc1)NC(=O)[C@@H]1C[C@H](F)CN1C2=O. The van der Waals surface area contributed by atoms with E-state index in [0.717, 1.165) is 5.56 Å². The number of benzene rings is 2. The Labute approximate surface area is 155 Å². The molecule has 2 aliphatic heterocycles. The van der Waals surface area contributed by atoms with Crippen molar-refractivity contribution in [1.82, 2.24) is 4.90 Å². The van der Waals surface area contributed by atoms with E-state index in [1.165, 1.54) is 18.1 Å². The molecular weight excluding hydrogens is 351 g/mol. The number of carbonyl (C=O) groups excluding carboxylic acids is 2. The Kier molecular flexibility index (Phi) is 4.43. The fourth-order valence-corrected chi connectivity index (χ4v) is 3.48. The lowest BCUT2D eigenvalue weighted by atomic mass is 10.1. The minimum Gasteiger partial charge on any atom is -0.493 e. The van der Waals surface area contributed by atoms with Crippen molar-refractivity contribution in [1.29, 1.82) is 0 Å². The van der Waals surface area contributed by atoms with Crippen LogP contribution in [0.1, 0.15) is 22.3 Å². The average molecular weight is 370 g/mol. The molecule has 7 heteroatoms. The van der Waals surface area contributed by atoms with Gasteiger partial charge in [-0.05, 0) is 11.6 Å². The Morgan fingerprint density at radius 1 is 1.19 bits per heavy atom. The molecule has 4 rings (SSSR count). The molecule has 27 heavy (non-hydrogen) atoms. The number of carbonyl (C=O) groups is 2. The Morgan fingerprint density at radius 3 is 2.70 bits per heavy atom. The van der Waals surface area contributed by atoms with Crippen LogP contribution in [-0.4, -0.2) is 42.6 Å². The van der Waals surface area contributed by atoms with E-state index in [2.05, 4.69) is 5.32 Å². The van der Waals surface area contributed by atoms with E-state index >= 15 is 0 Å². The van der Waals surface area contributed by atoms with Gasteiger partial charge in [0.2, 0.25) is 5.91 Å². The molecule has 1 fully saturated rings. The zero-order valence-electron chi connectivity index (χ0n) is 14.8. The maximum Gasteiger partial charge on any atom is 0.256 e. The zero-order valence-corrected chi connectivity index (χ0v) is 14.8. The molecule has 2 amide bonds. The Balaban J connectivity index is 1.66. The van der Waals surface area contributed by atoms with Crippen LogP contribution in [0.25, 0.3) is 0 Å². The third-order valence-electron chi connectivity index (χ3n) is 4.84. The Bertz CT molecular complexity index is 887. The molecule has 2 aliphatic rings. The second kappa shape index (κ2) is 6.90. The van der Waals surface area contributed by atoms with Crippen LogP contribution in [0, 0.1) is 0 Å². The van der Waals surface area contributed by atoms with Gasteiger partial charge in [0.15, 0.2) is 11.5 Å². The first kappa shape index (κ1) is 17.3. The largest absolute Gasteiger partial charge is 0.493 e. The van der Waals surface area contributed by atoms with Crippen molar-refractivity contribution in [2.24, 2.45) is 0 Å². The summed E-state index contributed by atoms with van der Waals surface area (Å²) in [6, 6.07) is 11.9. The van der Waals surface area contributed by atoms with Crippen molar-refractivity contribution in [3.05, 3.63) is 53.6 Å². The molecule has 0 aromatic heterocycles. The highest BCUT2D eigenvalue weighted by Crippen LogP contribution is 2.38. The summed E-state index contributed by atoms with van der Waals surface area (Å²) in [7, 11) is 1.48. The first-order chi connectivity index (χ1) is 13.1. The predicted octanol–water partition coefficient (Wildman–Crippen LogP) is 2.78. The van der Waals surface area contributed by atoms with Crippen LogP contribution < -0.4 is 14.8 Å². The molecule has 0 unspecified atom stereocenters. The number of methoxy groups -OCH3 is 1. The number of rotatable bonds is 4. The normalized spacial score (nSPS) is 21.2. The highest BCUT2D eigenvalue weighted by Gasteiger charge is 2.43. The highest BCUT2D eigenvalue weighted by molar-refractivity contribution is 6.10.